The molecule has 0 saturated heterocycles. The number of nitrogens with zero attached hydrogens (tertiary/aromatic N) is 4. The molecule has 3 aromatic heterocycles. The highest BCUT2D eigenvalue weighted by molar-refractivity contribution is 4.94. The average molecular weight is 587 g/mol. The topological polar surface area (TPSA) is 60.7 Å². The van der Waals surface area contributed by atoms with E-state index in [4.69, 9.17) is 0 Å². The Morgan fingerprint density at radius 1 is 0.595 bits per heavy atom. The van der Waals surface area contributed by atoms with Gasteiger partial charge in [-0.25, -0.2) is 9.97 Å². The zero-order chi connectivity index (χ0) is 33.8. The molecule has 1 saturated carbocycles. The zero-order valence-corrected chi connectivity index (χ0v) is 30.5. The number of aromatic nitrogens is 4. The van der Waals surface area contributed by atoms with E-state index in [1.165, 1.54) is 19.2 Å². The van der Waals surface area contributed by atoms with Gasteiger partial charge in [0.25, 0.3) is 5.56 Å². The molecule has 0 aromatic carbocycles. The van der Waals surface area contributed by atoms with Crippen LogP contribution in [0.25, 0.3) is 0 Å². The molecule has 1 aliphatic rings. The molecule has 0 unspecified atom stereocenters. The minimum absolute atomic E-state index is 0.0671. The quantitative estimate of drug-likeness (QED) is 0.299. The van der Waals surface area contributed by atoms with Crippen LogP contribution in [-0.4, -0.2) is 19.5 Å². The van der Waals surface area contributed by atoms with Gasteiger partial charge in [-0.3, -0.25) is 9.78 Å². The number of pyridine rings is 2. The Balaban J connectivity index is -0.000000129. The largest absolute Gasteiger partial charge is 0.313 e. The molecule has 5 nitrogen and oxygen atoms in total. The molecule has 0 aliphatic heterocycles. The Morgan fingerprint density at radius 3 is 1.14 bits per heavy atom. The van der Waals surface area contributed by atoms with Crippen LogP contribution in [0.15, 0.2) is 84.6 Å². The summed E-state index contributed by atoms with van der Waals surface area (Å²) in [6.45, 7) is 33.6. The molecule has 0 spiro atoms. The maximum atomic E-state index is 11.0. The summed E-state index contributed by atoms with van der Waals surface area (Å²) < 4.78 is 1.69. The summed E-state index contributed by atoms with van der Waals surface area (Å²) in [4.78, 5) is 22.2. The van der Waals surface area contributed by atoms with Crippen molar-refractivity contribution in [1.29, 1.82) is 0 Å². The lowest BCUT2D eigenvalue weighted by Crippen LogP contribution is -2.19. The predicted molar refractivity (Wildman–Crippen MR) is 190 cm³/mol. The Hall–Kier alpha value is -2.82. The third-order valence-corrected chi connectivity index (χ3v) is 4.02. The van der Waals surface area contributed by atoms with Crippen molar-refractivity contribution in [3.05, 3.63) is 90.1 Å². The fourth-order valence-electron chi connectivity index (χ4n) is 2.20. The summed E-state index contributed by atoms with van der Waals surface area (Å²) in [5.74, 6) is 3.73. The van der Waals surface area contributed by atoms with Crippen molar-refractivity contribution in [3.63, 3.8) is 0 Å². The first-order valence-corrected chi connectivity index (χ1v) is 16.2. The summed E-state index contributed by atoms with van der Waals surface area (Å²) in [7, 11) is 0. The molecule has 0 N–H and O–H groups in total. The van der Waals surface area contributed by atoms with Gasteiger partial charge < -0.3 is 4.57 Å². The molecule has 0 amide bonds. The van der Waals surface area contributed by atoms with Crippen molar-refractivity contribution < 1.29 is 0 Å². The van der Waals surface area contributed by atoms with Gasteiger partial charge in [0.1, 0.15) is 6.33 Å². The fraction of sp³-hybridized carbons (Fsp3) is 0.622. The SMILES string of the molecule is CC.CC.CC.CC(C)C.CC(C)C.CC(C)C1CC1.CC(C)n1ccccc1=O.c1ccncc1.c1cncnc1. The van der Waals surface area contributed by atoms with Gasteiger partial charge in [-0.1, -0.05) is 109 Å². The van der Waals surface area contributed by atoms with Crippen molar-refractivity contribution in [2.75, 3.05) is 0 Å². The van der Waals surface area contributed by atoms with E-state index < -0.39 is 0 Å². The Kier molecular flexibility index (Phi) is 46.9. The zero-order valence-electron chi connectivity index (χ0n) is 30.5. The van der Waals surface area contributed by atoms with E-state index in [0.717, 1.165) is 23.7 Å². The molecule has 3 aromatic rings. The predicted octanol–water partition coefficient (Wildman–Crippen LogP) is 11.4. The van der Waals surface area contributed by atoms with Gasteiger partial charge in [-0.15, -0.1) is 0 Å². The molecule has 1 fully saturated rings. The number of rotatable bonds is 2. The van der Waals surface area contributed by atoms with Gasteiger partial charge >= 0.3 is 0 Å². The minimum Gasteiger partial charge on any atom is -0.313 e. The molecular weight excluding hydrogens is 516 g/mol. The van der Waals surface area contributed by atoms with E-state index in [-0.39, 0.29) is 11.6 Å². The van der Waals surface area contributed by atoms with Gasteiger partial charge in [0.05, 0.1) is 0 Å². The maximum absolute atomic E-state index is 11.0. The molecule has 244 valence electrons. The smallest absolute Gasteiger partial charge is 0.250 e. The lowest BCUT2D eigenvalue weighted by Gasteiger charge is -2.06. The van der Waals surface area contributed by atoms with Gasteiger partial charge in [0.2, 0.25) is 0 Å². The molecule has 3 heterocycles. The Labute approximate surface area is 262 Å². The third kappa shape index (κ3) is 50.1. The standard InChI is InChI=1S/C8H11NO.C6H12.C5H5N.C4H4N2.2C4H10.3C2H6/c1-7(2)9-6-4-3-5-8(9)10;1-5(2)6-3-4-6;1-2-4-6-5-3-1;1-2-5-4-6-3-1;2*1-4(2)3;3*1-2/h3-7H,1-2H3;5-6H,3-4H2,1-2H3;1-5H;1-4H;2*4H,1-3H3;3*1-2H3. The van der Waals surface area contributed by atoms with Crippen LogP contribution in [0.1, 0.15) is 130 Å². The second kappa shape index (κ2) is 40.3. The second-order valence-corrected chi connectivity index (χ2v) is 10.5. The van der Waals surface area contributed by atoms with Crippen LogP contribution in [0.4, 0.5) is 0 Å². The number of hydrogen-bond donors (Lipinski definition) is 0. The molecule has 42 heavy (non-hydrogen) atoms. The lowest BCUT2D eigenvalue weighted by molar-refractivity contribution is 0.563. The summed E-state index contributed by atoms with van der Waals surface area (Å²) in [6, 6.07) is 12.9. The van der Waals surface area contributed by atoms with Gasteiger partial charge in [-0.2, -0.15) is 0 Å². The van der Waals surface area contributed by atoms with E-state index in [2.05, 4.69) is 70.3 Å². The summed E-state index contributed by atoms with van der Waals surface area (Å²) in [5, 5.41) is 0. The fourth-order valence-corrected chi connectivity index (χ4v) is 2.20. The average Bonchev–Trinajstić information content (AvgIpc) is 3.85. The van der Waals surface area contributed by atoms with E-state index in [0.29, 0.717) is 0 Å². The maximum Gasteiger partial charge on any atom is 0.250 e. The summed E-state index contributed by atoms with van der Waals surface area (Å²) >= 11 is 0. The summed E-state index contributed by atoms with van der Waals surface area (Å²) in [5.41, 5.74) is 0.0671. The van der Waals surface area contributed by atoms with Crippen LogP contribution in [0.2, 0.25) is 0 Å². The number of hydrogen-bond acceptors (Lipinski definition) is 4. The van der Waals surface area contributed by atoms with E-state index in [1.807, 2.05) is 79.7 Å². The monoisotopic (exact) mass is 587 g/mol. The minimum atomic E-state index is 0.0671. The van der Waals surface area contributed by atoms with Crippen molar-refractivity contribution in [2.45, 2.75) is 130 Å². The normalized spacial score (nSPS) is 10.1. The second-order valence-electron chi connectivity index (χ2n) is 10.5. The summed E-state index contributed by atoms with van der Waals surface area (Å²) in [6.07, 6.45) is 13.2. The van der Waals surface area contributed by atoms with Crippen LogP contribution in [-0.2, 0) is 0 Å². The molecule has 0 atom stereocenters. The van der Waals surface area contributed by atoms with Crippen molar-refractivity contribution in [2.24, 2.45) is 23.7 Å². The Bertz CT molecular complexity index is 763. The lowest BCUT2D eigenvalue weighted by atomic mass is 10.1. The highest BCUT2D eigenvalue weighted by atomic mass is 16.1. The van der Waals surface area contributed by atoms with E-state index >= 15 is 0 Å². The van der Waals surface area contributed by atoms with E-state index in [9.17, 15) is 4.79 Å². The van der Waals surface area contributed by atoms with E-state index in [1.54, 1.807) is 53.8 Å². The van der Waals surface area contributed by atoms with Gasteiger partial charge in [-0.05, 0) is 74.6 Å². The van der Waals surface area contributed by atoms with Crippen LogP contribution >= 0.6 is 0 Å². The van der Waals surface area contributed by atoms with Crippen LogP contribution in [0, 0.1) is 23.7 Å². The van der Waals surface area contributed by atoms with Gasteiger partial charge in [0.15, 0.2) is 0 Å². The van der Waals surface area contributed by atoms with Gasteiger partial charge in [0, 0.05) is 43.1 Å². The molecule has 4 rings (SSSR count). The van der Waals surface area contributed by atoms with Crippen molar-refractivity contribution in [3.8, 4) is 0 Å². The highest BCUT2D eigenvalue weighted by Gasteiger charge is 2.23. The van der Waals surface area contributed by atoms with Crippen LogP contribution in [0.3, 0.4) is 0 Å². The molecule has 0 bridgehead atoms. The molecule has 5 heteroatoms. The molecular formula is C37H70N4O. The molecule has 1 aliphatic carbocycles. The third-order valence-electron chi connectivity index (χ3n) is 4.02. The molecule has 0 radical (unpaired) electrons. The first-order valence-electron chi connectivity index (χ1n) is 16.2. The van der Waals surface area contributed by atoms with Crippen molar-refractivity contribution in [1.82, 2.24) is 19.5 Å². The first kappa shape index (κ1) is 48.9. The highest BCUT2D eigenvalue weighted by Crippen LogP contribution is 2.35. The Morgan fingerprint density at radius 2 is 1.00 bits per heavy atom. The first-order chi connectivity index (χ1) is 20.0. The van der Waals surface area contributed by atoms with Crippen LogP contribution in [0.5, 0.6) is 0 Å². The van der Waals surface area contributed by atoms with Crippen LogP contribution < -0.4 is 5.56 Å². The van der Waals surface area contributed by atoms with Crippen molar-refractivity contribution >= 4 is 0 Å².